The molecule has 3 rings (SSSR count). The highest BCUT2D eigenvalue weighted by Gasteiger charge is 2.19. The van der Waals surface area contributed by atoms with E-state index in [9.17, 15) is 0 Å². The van der Waals surface area contributed by atoms with Gasteiger partial charge in [-0.25, -0.2) is 0 Å². The van der Waals surface area contributed by atoms with E-state index in [4.69, 9.17) is 4.42 Å². The molecule has 2 aromatic heterocycles. The maximum absolute atomic E-state index is 5.52. The average Bonchev–Trinajstić information content (AvgIpc) is 3.12. The fourth-order valence-electron chi connectivity index (χ4n) is 2.01. The predicted octanol–water partition coefficient (Wildman–Crippen LogP) is 2.65. The summed E-state index contributed by atoms with van der Waals surface area (Å²) < 4.78 is 5.52. The summed E-state index contributed by atoms with van der Waals surface area (Å²) in [4.78, 5) is 8.81. The molecule has 5 heteroatoms. The van der Waals surface area contributed by atoms with Gasteiger partial charge in [-0.2, -0.15) is 0 Å². The number of hydrogen-bond acceptors (Lipinski definition) is 5. The van der Waals surface area contributed by atoms with Gasteiger partial charge in [0.2, 0.25) is 0 Å². The normalized spacial score (nSPS) is 16.1. The number of aromatic nitrogens is 1. The molecule has 98 valence electrons. The standard InChI is InChI=1S/C14H15N3OS/c1-2-6-15-11(4-1)10-12(13-5-3-8-18-13)17-14-16-7-9-19-14/h1-6,8,12H,7,9-10H2,(H,16,17). The summed E-state index contributed by atoms with van der Waals surface area (Å²) in [6.45, 7) is 0.890. The summed E-state index contributed by atoms with van der Waals surface area (Å²) in [5.74, 6) is 1.97. The van der Waals surface area contributed by atoms with Crippen molar-refractivity contribution in [2.24, 2.45) is 4.99 Å². The second kappa shape index (κ2) is 5.93. The number of aliphatic imine (C=N–C) groups is 1. The van der Waals surface area contributed by atoms with Crippen molar-refractivity contribution in [1.29, 1.82) is 0 Å². The van der Waals surface area contributed by atoms with Crippen LogP contribution in [0.15, 0.2) is 52.2 Å². The lowest BCUT2D eigenvalue weighted by Gasteiger charge is -2.16. The van der Waals surface area contributed by atoms with Crippen molar-refractivity contribution >= 4 is 16.9 Å². The van der Waals surface area contributed by atoms with Gasteiger partial charge in [0.15, 0.2) is 5.17 Å². The van der Waals surface area contributed by atoms with Crippen molar-refractivity contribution in [2.75, 3.05) is 12.3 Å². The molecule has 19 heavy (non-hydrogen) atoms. The van der Waals surface area contributed by atoms with E-state index < -0.39 is 0 Å². The van der Waals surface area contributed by atoms with Gasteiger partial charge in [0.1, 0.15) is 5.76 Å². The minimum absolute atomic E-state index is 0.0780. The molecule has 0 fully saturated rings. The van der Waals surface area contributed by atoms with Crippen LogP contribution in [0.5, 0.6) is 0 Å². The second-order valence-electron chi connectivity index (χ2n) is 4.27. The molecule has 1 N–H and O–H groups in total. The van der Waals surface area contributed by atoms with Crippen LogP contribution < -0.4 is 5.32 Å². The number of nitrogens with one attached hydrogen (secondary N) is 1. The van der Waals surface area contributed by atoms with E-state index in [0.29, 0.717) is 0 Å². The van der Waals surface area contributed by atoms with E-state index in [-0.39, 0.29) is 6.04 Å². The van der Waals surface area contributed by atoms with E-state index in [1.807, 2.05) is 36.5 Å². The van der Waals surface area contributed by atoms with Crippen LogP contribution in [-0.4, -0.2) is 22.4 Å². The third-order valence-electron chi connectivity index (χ3n) is 2.91. The van der Waals surface area contributed by atoms with Crippen LogP contribution in [0, 0.1) is 0 Å². The van der Waals surface area contributed by atoms with Gasteiger partial charge >= 0.3 is 0 Å². The summed E-state index contributed by atoms with van der Waals surface area (Å²) in [6, 6.07) is 9.93. The zero-order valence-corrected chi connectivity index (χ0v) is 11.3. The van der Waals surface area contributed by atoms with Crippen molar-refractivity contribution in [3.8, 4) is 0 Å². The van der Waals surface area contributed by atoms with Crippen LogP contribution in [0.4, 0.5) is 0 Å². The Hall–Kier alpha value is -1.75. The molecule has 2 aromatic rings. The lowest BCUT2D eigenvalue weighted by molar-refractivity contribution is 0.444. The van der Waals surface area contributed by atoms with Gasteiger partial charge < -0.3 is 9.73 Å². The number of rotatable bonds is 4. The van der Waals surface area contributed by atoms with Crippen LogP contribution in [0.2, 0.25) is 0 Å². The van der Waals surface area contributed by atoms with Gasteiger partial charge in [0.05, 0.1) is 18.8 Å². The molecule has 0 aliphatic carbocycles. The number of hydrogen-bond donors (Lipinski definition) is 1. The first-order chi connectivity index (χ1) is 9.42. The highest BCUT2D eigenvalue weighted by Crippen LogP contribution is 2.21. The Morgan fingerprint density at radius 1 is 1.32 bits per heavy atom. The molecule has 1 atom stereocenters. The topological polar surface area (TPSA) is 50.4 Å². The first kappa shape index (κ1) is 12.3. The van der Waals surface area contributed by atoms with Crippen molar-refractivity contribution in [1.82, 2.24) is 10.3 Å². The number of thioether (sulfide) groups is 1. The number of amidine groups is 1. The summed E-state index contributed by atoms with van der Waals surface area (Å²) >= 11 is 1.76. The minimum atomic E-state index is 0.0780. The van der Waals surface area contributed by atoms with Crippen LogP contribution in [0.25, 0.3) is 0 Å². The van der Waals surface area contributed by atoms with Crippen LogP contribution in [0.1, 0.15) is 17.5 Å². The Labute approximate surface area is 116 Å². The summed E-state index contributed by atoms with van der Waals surface area (Å²) in [5.41, 5.74) is 1.04. The van der Waals surface area contributed by atoms with Gasteiger partial charge in [-0.3, -0.25) is 9.98 Å². The average molecular weight is 273 g/mol. The molecule has 3 heterocycles. The third-order valence-corrected chi connectivity index (χ3v) is 3.82. The SMILES string of the molecule is c1ccc(CC(NC2=NCCS2)c2ccco2)nc1. The molecule has 1 aliphatic rings. The third kappa shape index (κ3) is 3.17. The highest BCUT2D eigenvalue weighted by molar-refractivity contribution is 8.14. The summed E-state index contributed by atoms with van der Waals surface area (Å²) in [7, 11) is 0. The zero-order valence-electron chi connectivity index (χ0n) is 10.5. The molecule has 0 bridgehead atoms. The van der Waals surface area contributed by atoms with E-state index in [1.54, 1.807) is 18.0 Å². The van der Waals surface area contributed by atoms with Crippen molar-refractivity contribution in [3.63, 3.8) is 0 Å². The second-order valence-corrected chi connectivity index (χ2v) is 5.36. The zero-order chi connectivity index (χ0) is 12.9. The highest BCUT2D eigenvalue weighted by atomic mass is 32.2. The predicted molar refractivity (Wildman–Crippen MR) is 77.3 cm³/mol. The first-order valence-electron chi connectivity index (χ1n) is 6.29. The molecule has 0 saturated carbocycles. The van der Waals surface area contributed by atoms with Gasteiger partial charge in [-0.05, 0) is 24.3 Å². The Morgan fingerprint density at radius 3 is 3.00 bits per heavy atom. The number of pyridine rings is 1. The first-order valence-corrected chi connectivity index (χ1v) is 7.27. The maximum atomic E-state index is 5.52. The van der Waals surface area contributed by atoms with Crippen LogP contribution in [-0.2, 0) is 6.42 Å². The number of nitrogens with zero attached hydrogens (tertiary/aromatic N) is 2. The van der Waals surface area contributed by atoms with Gasteiger partial charge in [-0.1, -0.05) is 17.8 Å². The van der Waals surface area contributed by atoms with Gasteiger partial charge in [0.25, 0.3) is 0 Å². The van der Waals surface area contributed by atoms with E-state index in [2.05, 4.69) is 15.3 Å². The largest absolute Gasteiger partial charge is 0.467 e. The molecule has 4 nitrogen and oxygen atoms in total. The van der Waals surface area contributed by atoms with E-state index >= 15 is 0 Å². The molecule has 1 aliphatic heterocycles. The molecule has 0 spiro atoms. The maximum Gasteiger partial charge on any atom is 0.157 e. The van der Waals surface area contributed by atoms with E-state index in [1.165, 1.54) is 0 Å². The smallest absolute Gasteiger partial charge is 0.157 e. The van der Waals surface area contributed by atoms with Crippen LogP contribution >= 0.6 is 11.8 Å². The molecule has 0 radical (unpaired) electrons. The lowest BCUT2D eigenvalue weighted by Crippen LogP contribution is -2.27. The molecular weight excluding hydrogens is 258 g/mol. The molecular formula is C14H15N3OS. The Kier molecular flexibility index (Phi) is 3.83. The summed E-state index contributed by atoms with van der Waals surface area (Å²) in [5, 5.41) is 4.44. The summed E-state index contributed by atoms with van der Waals surface area (Å²) in [6.07, 6.45) is 4.30. The van der Waals surface area contributed by atoms with E-state index in [0.717, 1.165) is 35.3 Å². The number of furan rings is 1. The lowest BCUT2D eigenvalue weighted by atomic mass is 10.1. The van der Waals surface area contributed by atoms with Crippen LogP contribution in [0.3, 0.4) is 0 Å². The van der Waals surface area contributed by atoms with Crippen molar-refractivity contribution in [3.05, 3.63) is 54.2 Å². The van der Waals surface area contributed by atoms with Gasteiger partial charge in [0, 0.05) is 24.1 Å². The Morgan fingerprint density at radius 2 is 2.32 bits per heavy atom. The monoisotopic (exact) mass is 273 g/mol. The molecule has 0 aromatic carbocycles. The Bertz CT molecular complexity index is 539. The molecule has 0 saturated heterocycles. The van der Waals surface area contributed by atoms with Crippen molar-refractivity contribution in [2.45, 2.75) is 12.5 Å². The van der Waals surface area contributed by atoms with Crippen molar-refractivity contribution < 1.29 is 4.42 Å². The molecule has 1 unspecified atom stereocenters. The fraction of sp³-hybridized carbons (Fsp3) is 0.286. The Balaban J connectivity index is 1.76. The minimum Gasteiger partial charge on any atom is -0.467 e. The molecule has 0 amide bonds. The fourth-order valence-corrected chi connectivity index (χ4v) is 2.80. The van der Waals surface area contributed by atoms with Gasteiger partial charge in [-0.15, -0.1) is 0 Å². The quantitative estimate of drug-likeness (QED) is 0.930.